The van der Waals surface area contributed by atoms with Crippen molar-refractivity contribution in [3.05, 3.63) is 0 Å². The number of rotatable bonds is 5. The predicted molar refractivity (Wildman–Crippen MR) is 41.2 cm³/mol. The molecule has 0 saturated heterocycles. The van der Waals surface area contributed by atoms with E-state index in [4.69, 9.17) is 15.9 Å². The Bertz CT molecular complexity index is 138. The van der Waals surface area contributed by atoms with Gasteiger partial charge < -0.3 is 15.9 Å². The minimum Gasteiger partial charge on any atom is -0.480 e. The Labute approximate surface area is 66.0 Å². The molecule has 11 heavy (non-hydrogen) atoms. The van der Waals surface area contributed by atoms with Crippen LogP contribution in [0.15, 0.2) is 0 Å². The standard InChI is InChI=1S/C7H15NO3/c1-2-3-4-7(8,5-9)6(10)11/h9H,2-5,8H2,1H3,(H,10,11)/t7-/m1/s1. The number of carboxylic acids is 1. The largest absolute Gasteiger partial charge is 0.480 e. The van der Waals surface area contributed by atoms with Crippen LogP contribution in [0, 0.1) is 0 Å². The van der Waals surface area contributed by atoms with Crippen molar-refractivity contribution in [2.45, 2.75) is 31.7 Å². The Morgan fingerprint density at radius 2 is 2.18 bits per heavy atom. The van der Waals surface area contributed by atoms with Crippen LogP contribution in [-0.4, -0.2) is 28.3 Å². The molecule has 0 spiro atoms. The number of hydrogen-bond donors (Lipinski definition) is 3. The lowest BCUT2D eigenvalue weighted by atomic mass is 9.95. The first-order chi connectivity index (χ1) is 5.06. The zero-order valence-corrected chi connectivity index (χ0v) is 6.71. The molecule has 0 aromatic rings. The van der Waals surface area contributed by atoms with Crippen LogP contribution < -0.4 is 5.73 Å². The first-order valence-electron chi connectivity index (χ1n) is 3.70. The molecule has 0 rings (SSSR count). The number of nitrogens with two attached hydrogens (primary N) is 1. The third-order valence-electron chi connectivity index (χ3n) is 1.68. The molecule has 4 N–H and O–H groups in total. The lowest BCUT2D eigenvalue weighted by Gasteiger charge is -2.21. The highest BCUT2D eigenvalue weighted by atomic mass is 16.4. The van der Waals surface area contributed by atoms with Crippen molar-refractivity contribution in [2.75, 3.05) is 6.61 Å². The number of carbonyl (C=O) groups is 1. The van der Waals surface area contributed by atoms with Gasteiger partial charge in [0, 0.05) is 0 Å². The summed E-state index contributed by atoms with van der Waals surface area (Å²) in [5.41, 5.74) is 3.94. The molecule has 0 unspecified atom stereocenters. The summed E-state index contributed by atoms with van der Waals surface area (Å²) in [4.78, 5) is 10.5. The highest BCUT2D eigenvalue weighted by Crippen LogP contribution is 2.10. The second-order valence-electron chi connectivity index (χ2n) is 2.72. The van der Waals surface area contributed by atoms with Crippen LogP contribution in [0.4, 0.5) is 0 Å². The van der Waals surface area contributed by atoms with Crippen molar-refractivity contribution < 1.29 is 15.0 Å². The van der Waals surface area contributed by atoms with Crippen LogP contribution in [0.2, 0.25) is 0 Å². The van der Waals surface area contributed by atoms with Crippen molar-refractivity contribution in [3.8, 4) is 0 Å². The Hall–Kier alpha value is -0.610. The number of unbranched alkanes of at least 4 members (excludes halogenated alkanes) is 1. The van der Waals surface area contributed by atoms with E-state index in [-0.39, 0.29) is 0 Å². The van der Waals surface area contributed by atoms with Crippen molar-refractivity contribution >= 4 is 5.97 Å². The summed E-state index contributed by atoms with van der Waals surface area (Å²) in [6.07, 6.45) is 1.94. The fraction of sp³-hybridized carbons (Fsp3) is 0.857. The van der Waals surface area contributed by atoms with Gasteiger partial charge in [-0.25, -0.2) is 0 Å². The van der Waals surface area contributed by atoms with E-state index in [9.17, 15) is 4.79 Å². The molecule has 4 nitrogen and oxygen atoms in total. The SMILES string of the molecule is CCCC[C@@](N)(CO)C(=O)O. The Kier molecular flexibility index (Phi) is 4.07. The summed E-state index contributed by atoms with van der Waals surface area (Å²) in [5.74, 6) is -1.13. The van der Waals surface area contributed by atoms with Gasteiger partial charge in [0.05, 0.1) is 6.61 Å². The second-order valence-corrected chi connectivity index (χ2v) is 2.72. The predicted octanol–water partition coefficient (Wildman–Crippen LogP) is -0.0490. The normalized spacial score (nSPS) is 15.9. The molecule has 0 amide bonds. The molecular weight excluding hydrogens is 146 g/mol. The van der Waals surface area contributed by atoms with E-state index >= 15 is 0 Å². The van der Waals surface area contributed by atoms with Gasteiger partial charge in [0.1, 0.15) is 5.54 Å². The smallest absolute Gasteiger partial charge is 0.326 e. The van der Waals surface area contributed by atoms with E-state index in [1.54, 1.807) is 0 Å². The monoisotopic (exact) mass is 161 g/mol. The average molecular weight is 161 g/mol. The van der Waals surface area contributed by atoms with E-state index < -0.39 is 18.1 Å². The second kappa shape index (κ2) is 4.31. The van der Waals surface area contributed by atoms with Crippen molar-refractivity contribution in [1.82, 2.24) is 0 Å². The maximum atomic E-state index is 10.5. The summed E-state index contributed by atoms with van der Waals surface area (Å²) in [7, 11) is 0. The topological polar surface area (TPSA) is 83.5 Å². The van der Waals surface area contributed by atoms with Crippen molar-refractivity contribution in [3.63, 3.8) is 0 Å². The lowest BCUT2D eigenvalue weighted by molar-refractivity contribution is -0.145. The number of hydrogen-bond acceptors (Lipinski definition) is 3. The van der Waals surface area contributed by atoms with Gasteiger partial charge in [-0.2, -0.15) is 0 Å². The molecule has 66 valence electrons. The van der Waals surface area contributed by atoms with Crippen LogP contribution in [0.5, 0.6) is 0 Å². The number of aliphatic carboxylic acids is 1. The first kappa shape index (κ1) is 10.4. The molecule has 0 aromatic carbocycles. The molecule has 4 heteroatoms. The van der Waals surface area contributed by atoms with Crippen molar-refractivity contribution in [2.24, 2.45) is 5.73 Å². The van der Waals surface area contributed by atoms with Crippen LogP contribution in [0.25, 0.3) is 0 Å². The fourth-order valence-electron chi connectivity index (χ4n) is 0.746. The van der Waals surface area contributed by atoms with Crippen LogP contribution in [0.3, 0.4) is 0 Å². The van der Waals surface area contributed by atoms with Gasteiger partial charge in [0.25, 0.3) is 0 Å². The Balaban J connectivity index is 3.99. The van der Waals surface area contributed by atoms with Gasteiger partial charge >= 0.3 is 5.97 Å². The molecule has 0 heterocycles. The van der Waals surface area contributed by atoms with E-state index in [0.717, 1.165) is 12.8 Å². The van der Waals surface area contributed by atoms with Gasteiger partial charge in [-0.05, 0) is 6.42 Å². The summed E-state index contributed by atoms with van der Waals surface area (Å²) in [6.45, 7) is 1.45. The van der Waals surface area contributed by atoms with Crippen LogP contribution in [0.1, 0.15) is 26.2 Å². The third kappa shape index (κ3) is 2.86. The first-order valence-corrected chi connectivity index (χ1v) is 3.70. The third-order valence-corrected chi connectivity index (χ3v) is 1.68. The van der Waals surface area contributed by atoms with Gasteiger partial charge in [0.15, 0.2) is 0 Å². The van der Waals surface area contributed by atoms with Crippen LogP contribution in [-0.2, 0) is 4.79 Å². The quantitative estimate of drug-likeness (QED) is 0.528. The molecular formula is C7H15NO3. The molecule has 0 radical (unpaired) electrons. The molecule has 0 aliphatic rings. The summed E-state index contributed by atoms with van der Waals surface area (Å²) in [6, 6.07) is 0. The number of carboxylic acid groups (broad SMARTS) is 1. The Morgan fingerprint density at radius 1 is 1.64 bits per heavy atom. The maximum Gasteiger partial charge on any atom is 0.326 e. The maximum absolute atomic E-state index is 10.5. The average Bonchev–Trinajstić information content (AvgIpc) is 2.00. The van der Waals surface area contributed by atoms with Gasteiger partial charge in [-0.1, -0.05) is 19.8 Å². The highest BCUT2D eigenvalue weighted by Gasteiger charge is 2.31. The van der Waals surface area contributed by atoms with Gasteiger partial charge in [-0.15, -0.1) is 0 Å². The van der Waals surface area contributed by atoms with Crippen LogP contribution >= 0.6 is 0 Å². The zero-order chi connectivity index (χ0) is 8.91. The number of aliphatic hydroxyl groups is 1. The van der Waals surface area contributed by atoms with E-state index in [1.165, 1.54) is 0 Å². The molecule has 0 fully saturated rings. The Morgan fingerprint density at radius 3 is 2.45 bits per heavy atom. The molecule has 0 aliphatic carbocycles. The zero-order valence-electron chi connectivity index (χ0n) is 6.71. The molecule has 0 aromatic heterocycles. The number of aliphatic hydroxyl groups excluding tert-OH is 1. The molecule has 0 aliphatic heterocycles. The fourth-order valence-corrected chi connectivity index (χ4v) is 0.746. The van der Waals surface area contributed by atoms with E-state index in [2.05, 4.69) is 0 Å². The summed E-state index contributed by atoms with van der Waals surface area (Å²) in [5, 5.41) is 17.3. The van der Waals surface area contributed by atoms with E-state index in [1.807, 2.05) is 6.92 Å². The minimum atomic E-state index is -1.43. The highest BCUT2D eigenvalue weighted by molar-refractivity contribution is 5.78. The van der Waals surface area contributed by atoms with Gasteiger partial charge in [0.2, 0.25) is 0 Å². The lowest BCUT2D eigenvalue weighted by Crippen LogP contribution is -2.51. The summed E-state index contributed by atoms with van der Waals surface area (Å²) < 4.78 is 0. The minimum absolute atomic E-state index is 0.329. The van der Waals surface area contributed by atoms with E-state index in [0.29, 0.717) is 6.42 Å². The molecule has 0 bridgehead atoms. The molecule has 0 saturated carbocycles. The van der Waals surface area contributed by atoms with Crippen molar-refractivity contribution in [1.29, 1.82) is 0 Å². The summed E-state index contributed by atoms with van der Waals surface area (Å²) >= 11 is 0. The molecule has 1 atom stereocenters. The van der Waals surface area contributed by atoms with Gasteiger partial charge in [-0.3, -0.25) is 4.79 Å².